The van der Waals surface area contributed by atoms with Crippen LogP contribution >= 0.6 is 15.9 Å². The van der Waals surface area contributed by atoms with Crippen LogP contribution < -0.4 is 11.5 Å². The summed E-state index contributed by atoms with van der Waals surface area (Å²) in [5.74, 6) is -0.0111. The van der Waals surface area contributed by atoms with E-state index in [1.54, 1.807) is 0 Å². The van der Waals surface area contributed by atoms with Crippen molar-refractivity contribution in [2.24, 2.45) is 0 Å². The third kappa shape index (κ3) is 6.64. The van der Waals surface area contributed by atoms with Gasteiger partial charge in [0.2, 0.25) is 0 Å². The Morgan fingerprint density at radius 2 is 1.75 bits per heavy atom. The molecule has 44 heavy (non-hydrogen) atoms. The third-order valence-electron chi connectivity index (χ3n) is 6.32. The molecule has 1 saturated heterocycles. The van der Waals surface area contributed by atoms with E-state index in [1.807, 2.05) is 0 Å². The van der Waals surface area contributed by atoms with E-state index in [9.17, 15) is 28.4 Å². The van der Waals surface area contributed by atoms with E-state index >= 15 is 4.39 Å². The second-order valence-corrected chi connectivity index (χ2v) is 11.6. The van der Waals surface area contributed by atoms with Crippen molar-refractivity contribution in [2.75, 3.05) is 24.4 Å². The van der Waals surface area contributed by atoms with Crippen LogP contribution in [0.3, 0.4) is 0 Å². The fourth-order valence-corrected chi connectivity index (χ4v) is 5.71. The first-order valence-corrected chi connectivity index (χ1v) is 15.3. The third-order valence-corrected chi connectivity index (χ3v) is 7.77. The molecular formula is C20H25F2N10O10P2+. The number of hydrogen-bond donors (Lipinski definition) is 5. The summed E-state index contributed by atoms with van der Waals surface area (Å²) in [5.41, 5.74) is 11.9. The molecule has 1 aliphatic heterocycles. The predicted octanol–water partition coefficient (Wildman–Crippen LogP) is 0.426. The molecule has 0 radical (unpaired) electrons. The van der Waals surface area contributed by atoms with Gasteiger partial charge < -0.3 is 30.9 Å². The molecule has 4 aromatic heterocycles. The van der Waals surface area contributed by atoms with Gasteiger partial charge >= 0.3 is 22.4 Å². The van der Waals surface area contributed by atoms with Gasteiger partial charge in [0.15, 0.2) is 41.6 Å². The maximum Gasteiger partial charge on any atom is 0.534 e. The first kappa shape index (κ1) is 32.0. The van der Waals surface area contributed by atoms with Crippen LogP contribution in [0.4, 0.5) is 20.4 Å². The predicted molar refractivity (Wildman–Crippen MR) is 141 cm³/mol. The molecule has 7 N–H and O–H groups in total. The van der Waals surface area contributed by atoms with Crippen LogP contribution in [0.25, 0.3) is 22.3 Å². The van der Waals surface area contributed by atoms with E-state index in [-0.39, 0.29) is 34.0 Å². The molecule has 1 aliphatic rings. The number of phosphoric ester groups is 1. The number of aliphatic hydroxyl groups excluding tert-OH is 1. The molecule has 0 spiro atoms. The van der Waals surface area contributed by atoms with Crippen LogP contribution in [-0.4, -0.2) is 97.9 Å². The summed E-state index contributed by atoms with van der Waals surface area (Å²) >= 11 is 0. The summed E-state index contributed by atoms with van der Waals surface area (Å²) < 4.78 is 81.6. The van der Waals surface area contributed by atoms with Crippen molar-refractivity contribution in [3.8, 4) is 0 Å². The summed E-state index contributed by atoms with van der Waals surface area (Å²) in [4.78, 5) is 43.3. The highest BCUT2D eigenvalue weighted by molar-refractivity contribution is 7.47. The van der Waals surface area contributed by atoms with E-state index in [2.05, 4.69) is 29.9 Å². The highest BCUT2D eigenvalue weighted by Crippen LogP contribution is 2.48. The summed E-state index contributed by atoms with van der Waals surface area (Å²) in [6.45, 7) is -2.50. The standard InChI is InChI=1S/C20H24F2N10O10P2/c1-8(18(41-20(22)33)31-5-29-11-14(23)25-3-27-16(11)31)42-44(36,37)39-2-9-13(38-7-43(34)35)10(21)19(40-9)32-6-30-12-15(24)26-4-28-17(12)32/h3-6,8-10,13,18-20,33H,2,7H2,1H3,(H5-,23,24,25,26,27,28,34,35,36,37)/p+1/t8-,9+,10?,13-,18+,19+,20?/m0/s1. The second-order valence-electron chi connectivity index (χ2n) is 9.18. The number of nitrogens with zero attached hydrogens (tertiary/aromatic N) is 8. The number of aromatic nitrogens is 8. The van der Waals surface area contributed by atoms with Crippen molar-refractivity contribution in [1.82, 2.24) is 39.0 Å². The number of nitrogens with two attached hydrogens (primary N) is 2. The molecule has 1 fully saturated rings. The normalized spacial score (nSPS) is 24.4. The number of fused-ring (bicyclic) bond motifs is 2. The zero-order chi connectivity index (χ0) is 31.8. The lowest BCUT2D eigenvalue weighted by Gasteiger charge is -2.27. The van der Waals surface area contributed by atoms with Gasteiger partial charge in [0.05, 0.1) is 19.3 Å². The Balaban J connectivity index is 1.33. The molecule has 4 aromatic rings. The monoisotopic (exact) mass is 665 g/mol. The largest absolute Gasteiger partial charge is 0.534 e. The maximum absolute atomic E-state index is 15.6. The molecule has 0 saturated carbocycles. The van der Waals surface area contributed by atoms with Gasteiger partial charge in [0, 0.05) is 0 Å². The minimum Gasteiger partial charge on any atom is -0.382 e. The minimum absolute atomic E-state index is 0.0155. The molecule has 4 unspecified atom stereocenters. The Morgan fingerprint density at radius 3 is 2.41 bits per heavy atom. The minimum atomic E-state index is -5.08. The van der Waals surface area contributed by atoms with Crippen LogP contribution in [0.15, 0.2) is 25.3 Å². The van der Waals surface area contributed by atoms with Gasteiger partial charge in [0.25, 0.3) is 6.35 Å². The van der Waals surface area contributed by atoms with Crippen LogP contribution in [0.2, 0.25) is 0 Å². The maximum atomic E-state index is 15.6. The van der Waals surface area contributed by atoms with Crippen molar-refractivity contribution >= 4 is 49.8 Å². The van der Waals surface area contributed by atoms with Gasteiger partial charge in [-0.25, -0.2) is 38.9 Å². The van der Waals surface area contributed by atoms with Gasteiger partial charge in [0.1, 0.15) is 42.0 Å². The number of hydrogen-bond acceptors (Lipinski definition) is 16. The van der Waals surface area contributed by atoms with Crippen molar-refractivity contribution in [1.29, 1.82) is 0 Å². The molecule has 5 heterocycles. The molecule has 0 bridgehead atoms. The van der Waals surface area contributed by atoms with Gasteiger partial charge in [-0.2, -0.15) is 9.28 Å². The first-order chi connectivity index (χ1) is 20.9. The van der Waals surface area contributed by atoms with Crippen molar-refractivity contribution in [3.63, 3.8) is 0 Å². The quantitative estimate of drug-likeness (QED) is 0.0955. The molecule has 24 heteroatoms. The highest BCUT2D eigenvalue weighted by atomic mass is 31.2. The van der Waals surface area contributed by atoms with Gasteiger partial charge in [-0.05, 0) is 11.5 Å². The Hall–Kier alpha value is -3.43. The van der Waals surface area contributed by atoms with Crippen molar-refractivity contribution in [3.05, 3.63) is 25.3 Å². The van der Waals surface area contributed by atoms with Crippen LogP contribution in [0, 0.1) is 0 Å². The smallest absolute Gasteiger partial charge is 0.382 e. The number of phosphoric acid groups is 1. The Kier molecular flexibility index (Phi) is 9.37. The summed E-state index contributed by atoms with van der Waals surface area (Å²) in [7, 11) is -7.92. The molecule has 0 amide bonds. The Morgan fingerprint density at radius 1 is 1.11 bits per heavy atom. The van der Waals surface area contributed by atoms with E-state index in [4.69, 9.17) is 34.7 Å². The van der Waals surface area contributed by atoms with Gasteiger partial charge in [-0.15, -0.1) is 0 Å². The Bertz CT molecular complexity index is 1700. The van der Waals surface area contributed by atoms with E-state index in [0.29, 0.717) is 0 Å². The number of anilines is 2. The lowest BCUT2D eigenvalue weighted by molar-refractivity contribution is -0.246. The topological polar surface area (TPSA) is 280 Å². The highest BCUT2D eigenvalue weighted by Gasteiger charge is 2.49. The number of aliphatic hydroxyl groups is 1. The number of halogens is 2. The molecular weight excluding hydrogens is 640 g/mol. The molecule has 0 aromatic carbocycles. The Labute approximate surface area is 245 Å². The van der Waals surface area contributed by atoms with Crippen molar-refractivity contribution in [2.45, 2.75) is 50.4 Å². The molecule has 0 aliphatic carbocycles. The van der Waals surface area contributed by atoms with E-state index in [0.717, 1.165) is 23.5 Å². The molecule has 238 valence electrons. The second kappa shape index (κ2) is 12.9. The summed E-state index contributed by atoms with van der Waals surface area (Å²) in [5, 5.41) is 9.25. The van der Waals surface area contributed by atoms with E-state index in [1.165, 1.54) is 17.8 Å². The van der Waals surface area contributed by atoms with Crippen LogP contribution in [0.5, 0.6) is 0 Å². The molecule has 20 nitrogen and oxygen atoms in total. The van der Waals surface area contributed by atoms with Crippen LogP contribution in [0.1, 0.15) is 19.4 Å². The average Bonchev–Trinajstić information content (AvgIpc) is 3.65. The SMILES string of the molecule is C[C@H](OP(=O)(O)OC[C@H]1O[C@@H](n2cnc3c(N)ncnc32)C(F)[C@H]1OC[P+](=O)O)[C@@H](OC(O)F)n1cnc2c(N)ncnc21. The van der Waals surface area contributed by atoms with Crippen LogP contribution in [-0.2, 0) is 32.4 Å². The summed E-state index contributed by atoms with van der Waals surface area (Å²) in [6, 6.07) is 0. The zero-order valence-corrected chi connectivity index (χ0v) is 24.1. The average molecular weight is 665 g/mol. The fourth-order valence-electron chi connectivity index (χ4n) is 4.49. The van der Waals surface area contributed by atoms with Gasteiger partial charge in [-0.1, -0.05) is 0 Å². The number of nitrogen functional groups attached to an aromatic ring is 2. The number of alkyl halides is 2. The fraction of sp³-hybridized carbons (Fsp3) is 0.500. The van der Waals surface area contributed by atoms with E-state index < -0.39 is 72.3 Å². The zero-order valence-electron chi connectivity index (χ0n) is 22.3. The van der Waals surface area contributed by atoms with Gasteiger partial charge in [-0.3, -0.25) is 22.9 Å². The summed E-state index contributed by atoms with van der Waals surface area (Å²) in [6.07, 6.45) is -5.95. The molecule has 9 atom stereocenters. The first-order valence-electron chi connectivity index (χ1n) is 12.4. The number of rotatable bonds is 13. The lowest BCUT2D eigenvalue weighted by Crippen LogP contribution is -2.34. The van der Waals surface area contributed by atoms with Crippen molar-refractivity contribution < 1.29 is 56.1 Å². The number of ether oxygens (including phenoxy) is 3. The number of imidazole rings is 2. The lowest BCUT2D eigenvalue weighted by atomic mass is 10.1. The molecule has 5 rings (SSSR count).